The number of rotatable bonds is 4. The zero-order valence-electron chi connectivity index (χ0n) is 11.7. The van der Waals surface area contributed by atoms with Gasteiger partial charge in [0.15, 0.2) is 0 Å². The van der Waals surface area contributed by atoms with Crippen molar-refractivity contribution in [2.24, 2.45) is 0 Å². The minimum atomic E-state index is -3.34. The first-order chi connectivity index (χ1) is 9.04. The van der Waals surface area contributed by atoms with Crippen LogP contribution < -0.4 is 5.32 Å². The fourth-order valence-electron chi connectivity index (χ4n) is 2.19. The van der Waals surface area contributed by atoms with Gasteiger partial charge in [0.1, 0.15) is 0 Å². The van der Waals surface area contributed by atoms with Crippen molar-refractivity contribution >= 4 is 34.2 Å². The van der Waals surface area contributed by atoms with Crippen molar-refractivity contribution in [2.75, 3.05) is 25.9 Å². The normalized spacial score (nSPS) is 20.4. The van der Waals surface area contributed by atoms with Crippen molar-refractivity contribution in [3.8, 4) is 0 Å². The zero-order valence-corrected chi connectivity index (χ0v) is 14.2. The summed E-state index contributed by atoms with van der Waals surface area (Å²) in [6, 6.07) is 7.44. The molecule has 1 aliphatic heterocycles. The molecule has 1 aromatic carbocycles. The molecule has 1 heterocycles. The van der Waals surface area contributed by atoms with Crippen LogP contribution in [0.3, 0.4) is 0 Å². The smallest absolute Gasteiger partial charge is 0.243 e. The van der Waals surface area contributed by atoms with E-state index >= 15 is 0 Å². The van der Waals surface area contributed by atoms with Crippen LogP contribution in [0.15, 0.2) is 29.2 Å². The van der Waals surface area contributed by atoms with Gasteiger partial charge in [-0.05, 0) is 30.9 Å². The number of halogens is 1. The molecule has 1 N–H and O–H groups in total. The predicted molar refractivity (Wildman–Crippen MR) is 87.1 cm³/mol. The molecule has 0 saturated carbocycles. The molecular weight excluding hydrogens is 316 g/mol. The average Bonchev–Trinajstić information content (AvgIpc) is 2.40. The van der Waals surface area contributed by atoms with Crippen molar-refractivity contribution in [1.29, 1.82) is 0 Å². The fraction of sp³-hybridized carbons (Fsp3) is 0.538. The monoisotopic (exact) mass is 336 g/mol. The van der Waals surface area contributed by atoms with Gasteiger partial charge < -0.3 is 5.32 Å². The molecule has 1 atom stereocenters. The van der Waals surface area contributed by atoms with Gasteiger partial charge in [-0.25, -0.2) is 8.42 Å². The Kier molecular flexibility index (Phi) is 6.81. The van der Waals surface area contributed by atoms with E-state index in [0.717, 1.165) is 11.3 Å². The van der Waals surface area contributed by atoms with Gasteiger partial charge in [0, 0.05) is 31.4 Å². The number of thioether (sulfide) groups is 1. The van der Waals surface area contributed by atoms with Crippen LogP contribution in [0.1, 0.15) is 12.5 Å². The third-order valence-corrected chi connectivity index (χ3v) is 5.71. The summed E-state index contributed by atoms with van der Waals surface area (Å²) in [5, 5.41) is 3.25. The summed E-state index contributed by atoms with van der Waals surface area (Å²) in [4.78, 5) is 0.395. The number of sulfonamides is 1. The topological polar surface area (TPSA) is 49.4 Å². The molecule has 114 valence electrons. The largest absolute Gasteiger partial charge is 0.312 e. The molecule has 2 rings (SSSR count). The molecule has 1 aromatic rings. The maximum absolute atomic E-state index is 12.5. The van der Waals surface area contributed by atoms with Crippen LogP contribution in [-0.2, 0) is 15.8 Å². The molecule has 1 aliphatic rings. The highest BCUT2D eigenvalue weighted by Gasteiger charge is 2.28. The minimum Gasteiger partial charge on any atom is -0.312 e. The zero-order chi connectivity index (χ0) is 13.9. The van der Waals surface area contributed by atoms with E-state index < -0.39 is 10.0 Å². The number of hydrogen-bond donors (Lipinski definition) is 1. The summed E-state index contributed by atoms with van der Waals surface area (Å²) < 4.78 is 26.6. The summed E-state index contributed by atoms with van der Waals surface area (Å²) in [7, 11) is -3.34. The lowest BCUT2D eigenvalue weighted by molar-refractivity contribution is 0.310. The molecule has 0 unspecified atom stereocenters. The van der Waals surface area contributed by atoms with Crippen molar-refractivity contribution in [1.82, 2.24) is 9.62 Å². The number of nitrogens with one attached hydrogen (secondary N) is 1. The van der Waals surface area contributed by atoms with Gasteiger partial charge in [0.2, 0.25) is 10.0 Å². The van der Waals surface area contributed by atoms with Gasteiger partial charge in [0.05, 0.1) is 4.90 Å². The lowest BCUT2D eigenvalue weighted by Gasteiger charge is -2.31. The third-order valence-electron chi connectivity index (χ3n) is 3.20. The van der Waals surface area contributed by atoms with Crippen molar-refractivity contribution in [3.63, 3.8) is 0 Å². The second-order valence-electron chi connectivity index (χ2n) is 4.80. The second kappa shape index (κ2) is 7.66. The van der Waals surface area contributed by atoms with E-state index in [4.69, 9.17) is 0 Å². The Labute approximate surface area is 131 Å². The van der Waals surface area contributed by atoms with Gasteiger partial charge in [-0.15, -0.1) is 12.4 Å². The maximum Gasteiger partial charge on any atom is 0.243 e. The van der Waals surface area contributed by atoms with Gasteiger partial charge in [-0.2, -0.15) is 16.1 Å². The number of hydrogen-bond acceptors (Lipinski definition) is 4. The van der Waals surface area contributed by atoms with Crippen LogP contribution in [0, 0.1) is 0 Å². The second-order valence-corrected chi connectivity index (χ2v) is 7.60. The molecule has 0 spiro atoms. The summed E-state index contributed by atoms with van der Waals surface area (Å²) in [5.41, 5.74) is 1.15. The van der Waals surface area contributed by atoms with Crippen molar-refractivity contribution in [3.05, 3.63) is 29.8 Å². The van der Waals surface area contributed by atoms with E-state index in [0.29, 0.717) is 24.5 Å². The Morgan fingerprint density at radius 3 is 2.55 bits per heavy atom. The molecule has 0 aliphatic carbocycles. The molecule has 7 heteroatoms. The summed E-state index contributed by atoms with van der Waals surface area (Å²) in [6.07, 6.45) is 2.03. The average molecular weight is 337 g/mol. The van der Waals surface area contributed by atoms with Gasteiger partial charge in [0.25, 0.3) is 0 Å². The van der Waals surface area contributed by atoms with E-state index in [1.54, 1.807) is 28.2 Å². The maximum atomic E-state index is 12.5. The Balaban J connectivity index is 0.00000200. The highest BCUT2D eigenvalue weighted by atomic mass is 35.5. The van der Waals surface area contributed by atoms with Gasteiger partial charge in [-0.3, -0.25) is 0 Å². The highest BCUT2D eigenvalue weighted by molar-refractivity contribution is 7.97. The highest BCUT2D eigenvalue weighted by Crippen LogP contribution is 2.19. The van der Waals surface area contributed by atoms with Gasteiger partial charge in [-0.1, -0.05) is 12.1 Å². The molecule has 0 bridgehead atoms. The Morgan fingerprint density at radius 2 is 2.00 bits per heavy atom. The molecular formula is C13H21ClN2O2S2. The minimum absolute atomic E-state index is 0. The van der Waals surface area contributed by atoms with Crippen molar-refractivity contribution < 1.29 is 8.42 Å². The number of nitrogens with zero attached hydrogens (tertiary/aromatic N) is 1. The molecule has 20 heavy (non-hydrogen) atoms. The third kappa shape index (κ3) is 4.11. The Hall–Kier alpha value is -0.270. The first-order valence-electron chi connectivity index (χ1n) is 6.35. The van der Waals surface area contributed by atoms with Gasteiger partial charge >= 0.3 is 0 Å². The molecule has 0 radical (unpaired) electrons. The molecule has 1 saturated heterocycles. The van der Waals surface area contributed by atoms with Crippen LogP contribution in [0.4, 0.5) is 0 Å². The van der Waals surface area contributed by atoms with Crippen LogP contribution >= 0.6 is 24.2 Å². The molecule has 4 nitrogen and oxygen atoms in total. The summed E-state index contributed by atoms with van der Waals surface area (Å²) in [5.74, 6) is 0.908. The van der Waals surface area contributed by atoms with E-state index in [-0.39, 0.29) is 18.4 Å². The molecule has 1 fully saturated rings. The summed E-state index contributed by atoms with van der Waals surface area (Å²) in [6.45, 7) is 3.79. The number of piperazine rings is 1. The van der Waals surface area contributed by atoms with Crippen LogP contribution in [-0.4, -0.2) is 44.7 Å². The predicted octanol–water partition coefficient (Wildman–Crippen LogP) is 1.95. The first kappa shape index (κ1) is 17.8. The number of benzene rings is 1. The van der Waals surface area contributed by atoms with Crippen LogP contribution in [0.25, 0.3) is 0 Å². The Bertz CT molecular complexity index is 520. The standard InChI is InChI=1S/C13H20N2O2S2.ClH/c1-11-9-15(8-7-14-11)19(16,17)13-5-3-12(4-6-13)10-18-2;/h3-6,11,14H,7-10H2,1-2H3;1H/t11-;/m0./s1. The summed E-state index contributed by atoms with van der Waals surface area (Å²) >= 11 is 1.73. The van der Waals surface area contributed by atoms with Crippen molar-refractivity contribution in [2.45, 2.75) is 23.6 Å². The molecule has 0 aromatic heterocycles. The van der Waals surface area contributed by atoms with E-state index in [1.165, 1.54) is 0 Å². The van der Waals surface area contributed by atoms with Crippen LogP contribution in [0.5, 0.6) is 0 Å². The van der Waals surface area contributed by atoms with E-state index in [9.17, 15) is 8.42 Å². The van der Waals surface area contributed by atoms with Crippen LogP contribution in [0.2, 0.25) is 0 Å². The van der Waals surface area contributed by atoms with E-state index in [1.807, 2.05) is 25.3 Å². The lowest BCUT2D eigenvalue weighted by Crippen LogP contribution is -2.51. The lowest BCUT2D eigenvalue weighted by atomic mass is 10.2. The quantitative estimate of drug-likeness (QED) is 0.913. The first-order valence-corrected chi connectivity index (χ1v) is 9.19. The fourth-order valence-corrected chi connectivity index (χ4v) is 4.24. The molecule has 0 amide bonds. The Morgan fingerprint density at radius 1 is 1.35 bits per heavy atom. The van der Waals surface area contributed by atoms with E-state index in [2.05, 4.69) is 5.32 Å². The SMILES string of the molecule is CSCc1ccc(S(=O)(=O)N2CCN[C@@H](C)C2)cc1.Cl.